The fourth-order valence-electron chi connectivity index (χ4n) is 0.223. The standard InChI is InChI=1S/C4H2F6O/c5-1-11-3(7)2(6)4(8,9)10/h1H2. The van der Waals surface area contributed by atoms with Crippen LogP contribution < -0.4 is 0 Å². The van der Waals surface area contributed by atoms with Crippen LogP contribution in [0, 0.1) is 0 Å². The molecule has 0 rings (SSSR count). The van der Waals surface area contributed by atoms with Gasteiger partial charge in [0.1, 0.15) is 0 Å². The van der Waals surface area contributed by atoms with Gasteiger partial charge in [0.05, 0.1) is 0 Å². The maximum absolute atomic E-state index is 11.6. The lowest BCUT2D eigenvalue weighted by molar-refractivity contribution is -0.117. The molecule has 0 unspecified atom stereocenters. The van der Waals surface area contributed by atoms with Gasteiger partial charge in [0.2, 0.25) is 6.86 Å². The summed E-state index contributed by atoms with van der Waals surface area (Å²) in [6, 6.07) is -2.60. The second kappa shape index (κ2) is 3.49. The molecule has 66 valence electrons. The Hall–Kier alpha value is -0.880. The Morgan fingerprint density at radius 2 is 1.64 bits per heavy atom. The number of hydrogen-bond donors (Lipinski definition) is 0. The molecule has 0 N–H and O–H groups in total. The molecular formula is C4H2F6O. The van der Waals surface area contributed by atoms with E-state index in [-0.39, 0.29) is 0 Å². The maximum Gasteiger partial charge on any atom is 0.449 e. The van der Waals surface area contributed by atoms with E-state index in [4.69, 9.17) is 0 Å². The predicted molar refractivity (Wildman–Crippen MR) is 22.4 cm³/mol. The van der Waals surface area contributed by atoms with Crippen molar-refractivity contribution in [3.05, 3.63) is 11.8 Å². The van der Waals surface area contributed by atoms with Gasteiger partial charge >= 0.3 is 12.2 Å². The van der Waals surface area contributed by atoms with Gasteiger partial charge in [-0.05, 0) is 0 Å². The number of hydrogen-bond acceptors (Lipinski definition) is 1. The molecule has 1 nitrogen and oxygen atoms in total. The van der Waals surface area contributed by atoms with Crippen LogP contribution in [0.5, 0.6) is 0 Å². The minimum Gasteiger partial charge on any atom is -0.437 e. The third-order valence-corrected chi connectivity index (χ3v) is 0.603. The monoisotopic (exact) mass is 180 g/mol. The Balaban J connectivity index is 4.39. The van der Waals surface area contributed by atoms with Crippen LogP contribution in [0.15, 0.2) is 11.8 Å². The highest BCUT2D eigenvalue weighted by Gasteiger charge is 2.39. The van der Waals surface area contributed by atoms with Crippen LogP contribution in [0.1, 0.15) is 0 Å². The molecule has 0 spiro atoms. The van der Waals surface area contributed by atoms with Crippen LogP contribution in [0.4, 0.5) is 26.3 Å². The third kappa shape index (κ3) is 3.15. The Kier molecular flexibility index (Phi) is 3.21. The van der Waals surface area contributed by atoms with E-state index in [2.05, 4.69) is 4.74 Å². The molecule has 0 aromatic rings. The first-order valence-electron chi connectivity index (χ1n) is 2.20. The fourth-order valence-corrected chi connectivity index (χ4v) is 0.223. The molecule has 11 heavy (non-hydrogen) atoms. The van der Waals surface area contributed by atoms with E-state index in [1.165, 1.54) is 0 Å². The molecule has 0 radical (unpaired) electrons. The van der Waals surface area contributed by atoms with Crippen molar-refractivity contribution >= 4 is 0 Å². The van der Waals surface area contributed by atoms with Gasteiger partial charge in [-0.15, -0.1) is 0 Å². The molecule has 7 heteroatoms. The highest BCUT2D eigenvalue weighted by molar-refractivity contribution is 4.99. The van der Waals surface area contributed by atoms with E-state index in [0.717, 1.165) is 0 Å². The summed E-state index contributed by atoms with van der Waals surface area (Å²) in [6.07, 6.45) is -5.47. The van der Waals surface area contributed by atoms with Gasteiger partial charge in [-0.1, -0.05) is 0 Å². The molecule has 0 aromatic heterocycles. The van der Waals surface area contributed by atoms with Crippen molar-refractivity contribution in [2.45, 2.75) is 6.18 Å². The van der Waals surface area contributed by atoms with Gasteiger partial charge in [0, 0.05) is 0 Å². The largest absolute Gasteiger partial charge is 0.449 e. The van der Waals surface area contributed by atoms with E-state index < -0.39 is 24.9 Å². The topological polar surface area (TPSA) is 9.23 Å². The number of halogens is 6. The molecule has 0 saturated heterocycles. The average Bonchev–Trinajstić information content (AvgIpc) is 1.85. The smallest absolute Gasteiger partial charge is 0.437 e. The molecular weight excluding hydrogens is 178 g/mol. The molecule has 0 bridgehead atoms. The van der Waals surface area contributed by atoms with Crippen LogP contribution in [0.3, 0.4) is 0 Å². The minimum atomic E-state index is -5.47. The van der Waals surface area contributed by atoms with E-state index in [9.17, 15) is 26.3 Å². The normalized spacial score (nSPS) is 14.4. The van der Waals surface area contributed by atoms with Crippen molar-refractivity contribution in [2.24, 2.45) is 0 Å². The van der Waals surface area contributed by atoms with Crippen LogP contribution in [0.2, 0.25) is 0 Å². The van der Waals surface area contributed by atoms with Crippen LogP contribution >= 0.6 is 0 Å². The lowest BCUT2D eigenvalue weighted by Gasteiger charge is -2.03. The van der Waals surface area contributed by atoms with Gasteiger partial charge in [-0.25, -0.2) is 4.39 Å². The number of ether oxygens (including phenoxy) is 1. The molecule has 0 amide bonds. The Morgan fingerprint density at radius 3 is 1.91 bits per heavy atom. The van der Waals surface area contributed by atoms with Crippen LogP contribution in [-0.2, 0) is 4.74 Å². The Morgan fingerprint density at radius 1 is 1.18 bits per heavy atom. The van der Waals surface area contributed by atoms with Crippen molar-refractivity contribution in [1.82, 2.24) is 0 Å². The van der Waals surface area contributed by atoms with Gasteiger partial charge in [-0.2, -0.15) is 22.0 Å². The first-order valence-corrected chi connectivity index (χ1v) is 2.20. The summed E-state index contributed by atoms with van der Waals surface area (Å²) >= 11 is 0. The van der Waals surface area contributed by atoms with E-state index >= 15 is 0 Å². The number of alkyl halides is 4. The van der Waals surface area contributed by atoms with Crippen LogP contribution in [-0.4, -0.2) is 13.0 Å². The minimum absolute atomic E-state index is 1.85. The van der Waals surface area contributed by atoms with Crippen molar-refractivity contribution in [2.75, 3.05) is 6.86 Å². The van der Waals surface area contributed by atoms with E-state index in [1.807, 2.05) is 0 Å². The molecule has 0 saturated carbocycles. The maximum atomic E-state index is 11.6. The number of allylic oxidation sites excluding steroid dienone is 1. The summed E-state index contributed by atoms with van der Waals surface area (Å²) in [4.78, 5) is 0. The first kappa shape index (κ1) is 10.1. The second-order valence-corrected chi connectivity index (χ2v) is 1.34. The Labute approximate surface area is 57.3 Å². The lowest BCUT2D eigenvalue weighted by atomic mass is 10.5. The molecule has 0 atom stereocenters. The third-order valence-electron chi connectivity index (χ3n) is 0.603. The molecule has 0 aromatic carbocycles. The van der Waals surface area contributed by atoms with Gasteiger partial charge in [0.15, 0.2) is 0 Å². The predicted octanol–water partition coefficient (Wildman–Crippen LogP) is 2.60. The fraction of sp³-hybridized carbons (Fsp3) is 0.500. The lowest BCUT2D eigenvalue weighted by Crippen LogP contribution is -2.10. The van der Waals surface area contributed by atoms with Crippen molar-refractivity contribution in [3.63, 3.8) is 0 Å². The SMILES string of the molecule is FCOC(F)=C(F)C(F)(F)F. The quantitative estimate of drug-likeness (QED) is 0.468. The van der Waals surface area contributed by atoms with Crippen molar-refractivity contribution in [1.29, 1.82) is 0 Å². The first-order chi connectivity index (χ1) is 4.89. The van der Waals surface area contributed by atoms with E-state index in [1.54, 1.807) is 0 Å². The summed E-state index contributed by atoms with van der Waals surface area (Å²) < 4.78 is 70.6. The zero-order chi connectivity index (χ0) is 9.07. The van der Waals surface area contributed by atoms with Crippen molar-refractivity contribution in [3.8, 4) is 0 Å². The molecule has 0 aliphatic carbocycles. The molecule has 0 aliphatic heterocycles. The number of rotatable bonds is 2. The second-order valence-electron chi connectivity index (χ2n) is 1.34. The molecule has 0 fully saturated rings. The molecule has 0 aliphatic rings. The zero-order valence-corrected chi connectivity index (χ0v) is 4.88. The van der Waals surface area contributed by atoms with Crippen molar-refractivity contribution < 1.29 is 31.1 Å². The average molecular weight is 180 g/mol. The highest BCUT2D eigenvalue weighted by Crippen LogP contribution is 2.29. The zero-order valence-electron chi connectivity index (χ0n) is 4.88. The summed E-state index contributed by atoms with van der Waals surface area (Å²) in [7, 11) is 0. The summed E-state index contributed by atoms with van der Waals surface area (Å²) in [5, 5.41) is 0. The molecule has 0 heterocycles. The van der Waals surface area contributed by atoms with E-state index in [0.29, 0.717) is 0 Å². The Bertz CT molecular complexity index is 158. The summed E-state index contributed by atoms with van der Waals surface area (Å²) in [5.74, 6) is -3.07. The summed E-state index contributed by atoms with van der Waals surface area (Å²) in [6.45, 7) is -1.85. The van der Waals surface area contributed by atoms with Gasteiger partial charge < -0.3 is 4.74 Å². The summed E-state index contributed by atoms with van der Waals surface area (Å²) in [5.41, 5.74) is 0. The van der Waals surface area contributed by atoms with Gasteiger partial charge in [0.25, 0.3) is 5.83 Å². The van der Waals surface area contributed by atoms with Gasteiger partial charge in [-0.3, -0.25) is 0 Å². The van der Waals surface area contributed by atoms with Crippen LogP contribution in [0.25, 0.3) is 0 Å². The highest BCUT2D eigenvalue weighted by atomic mass is 19.4.